The number of hydrogen-bond donors (Lipinski definition) is 2. The molecule has 1 aromatic rings. The van der Waals surface area contributed by atoms with Crippen LogP contribution in [0.3, 0.4) is 0 Å². The summed E-state index contributed by atoms with van der Waals surface area (Å²) in [7, 11) is 0. The van der Waals surface area contributed by atoms with E-state index in [9.17, 15) is 4.79 Å². The summed E-state index contributed by atoms with van der Waals surface area (Å²) < 4.78 is 5.30. The second-order valence-electron chi connectivity index (χ2n) is 5.82. The first-order valence-electron chi connectivity index (χ1n) is 8.12. The number of rotatable bonds is 7. The van der Waals surface area contributed by atoms with Crippen molar-refractivity contribution in [1.29, 1.82) is 0 Å². The minimum absolute atomic E-state index is 0. The fourth-order valence-corrected chi connectivity index (χ4v) is 2.38. The van der Waals surface area contributed by atoms with Crippen LogP contribution in [0.5, 0.6) is 0 Å². The number of carbonyl (C=O) groups is 1. The Kier molecular flexibility index (Phi) is 9.51. The van der Waals surface area contributed by atoms with Crippen LogP contribution in [0.15, 0.2) is 40.0 Å². The van der Waals surface area contributed by atoms with Crippen molar-refractivity contribution in [2.24, 2.45) is 4.99 Å². The number of hydrogen-bond acceptors (Lipinski definition) is 3. The Morgan fingerprint density at radius 2 is 2.12 bits per heavy atom. The van der Waals surface area contributed by atoms with Gasteiger partial charge in [-0.2, -0.15) is 0 Å². The zero-order chi connectivity index (χ0) is 16.5. The van der Waals surface area contributed by atoms with Crippen LogP contribution in [0.25, 0.3) is 0 Å². The van der Waals surface area contributed by atoms with Gasteiger partial charge in [0.2, 0.25) is 5.91 Å². The quantitative estimate of drug-likeness (QED) is 0.292. The Hall–Kier alpha value is -1.51. The van der Waals surface area contributed by atoms with Crippen molar-refractivity contribution in [3.05, 3.63) is 36.3 Å². The highest BCUT2D eigenvalue weighted by Crippen LogP contribution is 2.07. The second kappa shape index (κ2) is 11.1. The number of furan rings is 1. The molecular formula is C17H27IN4O2. The fraction of sp³-hybridized carbons (Fsp3) is 0.529. The molecule has 2 rings (SSSR count). The van der Waals surface area contributed by atoms with Gasteiger partial charge in [0.25, 0.3) is 0 Å². The van der Waals surface area contributed by atoms with E-state index in [1.807, 2.05) is 24.0 Å². The summed E-state index contributed by atoms with van der Waals surface area (Å²) in [6, 6.07) is 3.81. The molecule has 1 fully saturated rings. The van der Waals surface area contributed by atoms with Crippen molar-refractivity contribution in [3.63, 3.8) is 0 Å². The first-order chi connectivity index (χ1) is 11.1. The van der Waals surface area contributed by atoms with Crippen LogP contribution in [0.4, 0.5) is 0 Å². The van der Waals surface area contributed by atoms with Gasteiger partial charge in [-0.3, -0.25) is 4.79 Å². The van der Waals surface area contributed by atoms with Crippen molar-refractivity contribution in [1.82, 2.24) is 15.5 Å². The molecule has 6 nitrogen and oxygen atoms in total. The lowest BCUT2D eigenvalue weighted by atomic mass is 10.3. The molecule has 1 aliphatic heterocycles. The number of nitrogens with one attached hydrogen (secondary N) is 2. The number of carbonyl (C=O) groups excluding carboxylic acids is 1. The van der Waals surface area contributed by atoms with Gasteiger partial charge in [-0.05, 0) is 31.9 Å². The van der Waals surface area contributed by atoms with Gasteiger partial charge < -0.3 is 20.0 Å². The Labute approximate surface area is 160 Å². The molecule has 0 spiro atoms. The van der Waals surface area contributed by atoms with Crippen LogP contribution in [0, 0.1) is 0 Å². The second-order valence-corrected chi connectivity index (χ2v) is 5.82. The Morgan fingerprint density at radius 3 is 2.75 bits per heavy atom. The molecule has 24 heavy (non-hydrogen) atoms. The van der Waals surface area contributed by atoms with Gasteiger partial charge in [0.15, 0.2) is 5.96 Å². The lowest BCUT2D eigenvalue weighted by Gasteiger charge is -2.15. The SMILES string of the molecule is C=C(C)CNC(=NCC(=O)N1CCCC1)NCCc1ccco1.I. The van der Waals surface area contributed by atoms with E-state index in [1.54, 1.807) is 6.26 Å². The van der Waals surface area contributed by atoms with Crippen LogP contribution in [-0.2, 0) is 11.2 Å². The monoisotopic (exact) mass is 446 g/mol. The summed E-state index contributed by atoms with van der Waals surface area (Å²) in [6.45, 7) is 9.02. The van der Waals surface area contributed by atoms with Crippen molar-refractivity contribution < 1.29 is 9.21 Å². The number of aliphatic imine (C=N–C) groups is 1. The van der Waals surface area contributed by atoms with E-state index in [0.29, 0.717) is 19.0 Å². The summed E-state index contributed by atoms with van der Waals surface area (Å²) in [5, 5.41) is 6.41. The maximum Gasteiger partial charge on any atom is 0.244 e. The molecule has 0 aliphatic carbocycles. The topological polar surface area (TPSA) is 69.9 Å². The van der Waals surface area contributed by atoms with Crippen molar-refractivity contribution in [3.8, 4) is 0 Å². The summed E-state index contributed by atoms with van der Waals surface area (Å²) >= 11 is 0. The third kappa shape index (κ3) is 7.37. The highest BCUT2D eigenvalue weighted by Gasteiger charge is 2.17. The molecule has 0 atom stereocenters. The molecule has 2 N–H and O–H groups in total. The summed E-state index contributed by atoms with van der Waals surface area (Å²) in [5.74, 6) is 1.64. The molecular weight excluding hydrogens is 419 g/mol. The molecule has 1 saturated heterocycles. The summed E-state index contributed by atoms with van der Waals surface area (Å²) in [4.78, 5) is 18.3. The number of amides is 1. The van der Waals surface area contributed by atoms with Crippen LogP contribution in [-0.4, -0.2) is 49.5 Å². The predicted molar refractivity (Wildman–Crippen MR) is 107 cm³/mol. The first-order valence-corrected chi connectivity index (χ1v) is 8.12. The lowest BCUT2D eigenvalue weighted by Crippen LogP contribution is -2.40. The van der Waals surface area contributed by atoms with Crippen LogP contribution in [0.1, 0.15) is 25.5 Å². The van der Waals surface area contributed by atoms with Gasteiger partial charge in [-0.25, -0.2) is 4.99 Å². The van der Waals surface area contributed by atoms with Crippen molar-refractivity contribution >= 4 is 35.8 Å². The van der Waals surface area contributed by atoms with Crippen molar-refractivity contribution in [2.75, 3.05) is 32.7 Å². The van der Waals surface area contributed by atoms with Gasteiger partial charge >= 0.3 is 0 Å². The third-order valence-electron chi connectivity index (χ3n) is 3.63. The highest BCUT2D eigenvalue weighted by molar-refractivity contribution is 14.0. The van der Waals surface area contributed by atoms with Gasteiger partial charge in [-0.15, -0.1) is 24.0 Å². The molecule has 0 aromatic carbocycles. The smallest absolute Gasteiger partial charge is 0.244 e. The highest BCUT2D eigenvalue weighted by atomic mass is 127. The molecule has 0 radical (unpaired) electrons. The predicted octanol–water partition coefficient (Wildman–Crippen LogP) is 2.17. The Bertz CT molecular complexity index is 537. The number of nitrogens with zero attached hydrogens (tertiary/aromatic N) is 2. The molecule has 1 aromatic heterocycles. The third-order valence-corrected chi connectivity index (χ3v) is 3.63. The van der Waals surface area contributed by atoms with Gasteiger partial charge in [0, 0.05) is 32.6 Å². The van der Waals surface area contributed by atoms with E-state index in [1.165, 1.54) is 0 Å². The molecule has 1 aliphatic rings. The largest absolute Gasteiger partial charge is 0.469 e. The summed E-state index contributed by atoms with van der Waals surface area (Å²) in [6.07, 6.45) is 4.62. The van der Waals surface area contributed by atoms with Gasteiger partial charge in [0.05, 0.1) is 6.26 Å². The van der Waals surface area contributed by atoms with Gasteiger partial charge in [-0.1, -0.05) is 12.2 Å². The number of halogens is 1. The molecule has 0 bridgehead atoms. The zero-order valence-electron chi connectivity index (χ0n) is 14.2. The molecule has 2 heterocycles. The molecule has 0 unspecified atom stereocenters. The summed E-state index contributed by atoms with van der Waals surface area (Å²) in [5.41, 5.74) is 1.01. The molecule has 0 saturated carbocycles. The lowest BCUT2D eigenvalue weighted by molar-refractivity contribution is -0.128. The van der Waals surface area contributed by atoms with Crippen LogP contribution >= 0.6 is 24.0 Å². The fourth-order valence-electron chi connectivity index (χ4n) is 2.38. The number of likely N-dealkylation sites (tertiary alicyclic amines) is 1. The minimum Gasteiger partial charge on any atom is -0.469 e. The molecule has 1 amide bonds. The maximum absolute atomic E-state index is 12.1. The maximum atomic E-state index is 12.1. The van der Waals surface area contributed by atoms with Crippen molar-refractivity contribution in [2.45, 2.75) is 26.2 Å². The van der Waals surface area contributed by atoms with Crippen LogP contribution < -0.4 is 10.6 Å². The molecule has 7 heteroatoms. The number of guanidine groups is 1. The van der Waals surface area contributed by atoms with E-state index in [2.05, 4.69) is 22.2 Å². The van der Waals surface area contributed by atoms with E-state index < -0.39 is 0 Å². The normalized spacial score (nSPS) is 14.2. The standard InChI is InChI=1S/C17H26N4O2.HI/c1-14(2)12-19-17(18-8-7-15-6-5-11-23-15)20-13-16(22)21-9-3-4-10-21;/h5-6,11H,1,3-4,7-10,12-13H2,2H3,(H2,18,19,20);1H. The van der Waals surface area contributed by atoms with E-state index in [0.717, 1.165) is 43.7 Å². The average molecular weight is 446 g/mol. The average Bonchev–Trinajstić information content (AvgIpc) is 3.21. The van der Waals surface area contributed by atoms with E-state index in [-0.39, 0.29) is 36.4 Å². The van der Waals surface area contributed by atoms with Crippen LogP contribution in [0.2, 0.25) is 0 Å². The molecule has 134 valence electrons. The zero-order valence-corrected chi connectivity index (χ0v) is 16.5. The Balaban J connectivity index is 0.00000288. The van der Waals surface area contributed by atoms with E-state index in [4.69, 9.17) is 4.42 Å². The van der Waals surface area contributed by atoms with Gasteiger partial charge in [0.1, 0.15) is 12.3 Å². The Morgan fingerprint density at radius 1 is 1.38 bits per heavy atom. The first kappa shape index (κ1) is 20.5. The minimum atomic E-state index is 0. The van der Waals surface area contributed by atoms with E-state index >= 15 is 0 Å².